The number of thioether (sulfide) groups is 1. The number of benzene rings is 1. The smallest absolute Gasteiger partial charge is 0.307 e. The van der Waals surface area contributed by atoms with Crippen molar-refractivity contribution < 1.29 is 19.1 Å². The Balaban J connectivity index is 1.52. The Morgan fingerprint density at radius 1 is 1.24 bits per heavy atom. The fourth-order valence-corrected chi connectivity index (χ4v) is 3.19. The second-order valence-corrected chi connectivity index (χ2v) is 6.46. The number of esters is 1. The molecule has 1 saturated heterocycles. The van der Waals surface area contributed by atoms with Crippen LogP contribution in [0.5, 0.6) is 11.5 Å². The van der Waals surface area contributed by atoms with Gasteiger partial charge in [-0.25, -0.2) is 0 Å². The molecule has 0 spiro atoms. The number of amides is 1. The topological polar surface area (TPSA) is 68.7 Å². The van der Waals surface area contributed by atoms with E-state index in [2.05, 4.69) is 4.98 Å². The third-order valence-electron chi connectivity index (χ3n) is 3.65. The van der Waals surface area contributed by atoms with Gasteiger partial charge >= 0.3 is 5.97 Å². The predicted octanol–water partition coefficient (Wildman–Crippen LogP) is 3.48. The van der Waals surface area contributed by atoms with Gasteiger partial charge in [0, 0.05) is 30.6 Å². The number of hydrogen-bond donors (Lipinski definition) is 0. The normalized spacial score (nSPS) is 13.8. The van der Waals surface area contributed by atoms with Crippen LogP contribution in [0.2, 0.25) is 0 Å². The van der Waals surface area contributed by atoms with Crippen molar-refractivity contribution in [2.24, 2.45) is 0 Å². The molecule has 1 aromatic heterocycles. The summed E-state index contributed by atoms with van der Waals surface area (Å²) in [6.45, 7) is 1.22. The van der Waals surface area contributed by atoms with E-state index in [1.165, 1.54) is 11.8 Å². The Labute approximate surface area is 150 Å². The van der Waals surface area contributed by atoms with Crippen LogP contribution in [0.4, 0.5) is 4.79 Å². The molecule has 3 rings (SSSR count). The van der Waals surface area contributed by atoms with Gasteiger partial charge in [0.15, 0.2) is 0 Å². The molecule has 130 valence electrons. The lowest BCUT2D eigenvalue weighted by molar-refractivity contribution is -0.145. The number of aromatic nitrogens is 1. The fraction of sp³-hybridized carbons (Fsp3) is 0.278. The molecule has 1 amide bonds. The molecule has 1 aliphatic rings. The third kappa shape index (κ3) is 4.96. The van der Waals surface area contributed by atoms with Crippen molar-refractivity contribution in [1.29, 1.82) is 0 Å². The summed E-state index contributed by atoms with van der Waals surface area (Å²) in [6.07, 6.45) is 3.48. The molecule has 1 fully saturated rings. The highest BCUT2D eigenvalue weighted by atomic mass is 32.2. The van der Waals surface area contributed by atoms with Gasteiger partial charge in [-0.2, -0.15) is 0 Å². The molecule has 0 N–H and O–H groups in total. The monoisotopic (exact) mass is 358 g/mol. The van der Waals surface area contributed by atoms with Gasteiger partial charge in [-0.3, -0.25) is 14.6 Å². The van der Waals surface area contributed by atoms with Crippen molar-refractivity contribution in [3.8, 4) is 11.5 Å². The molecule has 1 aliphatic heterocycles. The van der Waals surface area contributed by atoms with Crippen molar-refractivity contribution >= 4 is 23.0 Å². The van der Waals surface area contributed by atoms with Crippen molar-refractivity contribution in [2.75, 3.05) is 18.8 Å². The van der Waals surface area contributed by atoms with Crippen LogP contribution in [0.1, 0.15) is 12.0 Å². The first kappa shape index (κ1) is 17.3. The predicted molar refractivity (Wildman–Crippen MR) is 94.6 cm³/mol. The minimum Gasteiger partial charge on any atom is -0.461 e. The van der Waals surface area contributed by atoms with Gasteiger partial charge in [0.05, 0.1) is 12.6 Å². The fourth-order valence-electron chi connectivity index (χ4n) is 2.34. The van der Waals surface area contributed by atoms with Crippen LogP contribution in [0.25, 0.3) is 0 Å². The van der Waals surface area contributed by atoms with E-state index in [-0.39, 0.29) is 24.2 Å². The van der Waals surface area contributed by atoms with E-state index >= 15 is 0 Å². The molecular weight excluding hydrogens is 340 g/mol. The van der Waals surface area contributed by atoms with Crippen LogP contribution >= 0.6 is 11.8 Å². The van der Waals surface area contributed by atoms with E-state index in [1.54, 1.807) is 29.4 Å². The Bertz CT molecular complexity index is 739. The molecule has 0 bridgehead atoms. The SMILES string of the molecule is O=C(CCN1CCSC1=O)OCc1ccccc1Oc1cccnc1. The van der Waals surface area contributed by atoms with Gasteiger partial charge in [0.1, 0.15) is 18.1 Å². The minimum atomic E-state index is -0.333. The number of carbonyl (C=O) groups excluding carboxylic acids is 2. The highest BCUT2D eigenvalue weighted by Crippen LogP contribution is 2.25. The summed E-state index contributed by atoms with van der Waals surface area (Å²) in [5.74, 6) is 1.69. The molecular formula is C18H18N2O4S. The first-order chi connectivity index (χ1) is 12.2. The zero-order chi connectivity index (χ0) is 17.5. The van der Waals surface area contributed by atoms with E-state index in [4.69, 9.17) is 9.47 Å². The Morgan fingerprint density at radius 3 is 2.88 bits per heavy atom. The number of rotatable bonds is 7. The highest BCUT2D eigenvalue weighted by Gasteiger charge is 2.21. The molecule has 2 aromatic rings. The minimum absolute atomic E-state index is 0.0306. The number of nitrogens with zero attached hydrogens (tertiary/aromatic N) is 2. The van der Waals surface area contributed by atoms with E-state index in [1.807, 2.05) is 24.3 Å². The second kappa shape index (κ2) is 8.53. The highest BCUT2D eigenvalue weighted by molar-refractivity contribution is 8.13. The molecule has 0 aliphatic carbocycles. The molecule has 0 unspecified atom stereocenters. The quantitative estimate of drug-likeness (QED) is 0.706. The van der Waals surface area contributed by atoms with Crippen molar-refractivity contribution in [3.05, 3.63) is 54.4 Å². The lowest BCUT2D eigenvalue weighted by Gasteiger charge is -2.14. The van der Waals surface area contributed by atoms with Gasteiger partial charge in [-0.05, 0) is 18.2 Å². The maximum Gasteiger partial charge on any atom is 0.307 e. The van der Waals surface area contributed by atoms with Gasteiger partial charge in [0.25, 0.3) is 5.24 Å². The molecule has 1 aromatic carbocycles. The van der Waals surface area contributed by atoms with E-state index in [0.717, 1.165) is 11.3 Å². The molecule has 2 heterocycles. The molecule has 0 radical (unpaired) electrons. The Morgan fingerprint density at radius 2 is 2.12 bits per heavy atom. The van der Waals surface area contributed by atoms with E-state index in [0.29, 0.717) is 24.6 Å². The number of para-hydroxylation sites is 1. The maximum atomic E-state index is 11.9. The summed E-state index contributed by atoms with van der Waals surface area (Å²) in [5, 5.41) is 0.0306. The van der Waals surface area contributed by atoms with Crippen molar-refractivity contribution in [3.63, 3.8) is 0 Å². The largest absolute Gasteiger partial charge is 0.461 e. The summed E-state index contributed by atoms with van der Waals surface area (Å²) >= 11 is 1.28. The number of ether oxygens (including phenoxy) is 2. The van der Waals surface area contributed by atoms with Gasteiger partial charge in [-0.1, -0.05) is 30.0 Å². The van der Waals surface area contributed by atoms with Crippen LogP contribution in [0.3, 0.4) is 0 Å². The molecule has 7 heteroatoms. The number of pyridine rings is 1. The van der Waals surface area contributed by atoms with Crippen LogP contribution < -0.4 is 4.74 Å². The lowest BCUT2D eigenvalue weighted by atomic mass is 10.2. The van der Waals surface area contributed by atoms with E-state index in [9.17, 15) is 9.59 Å². The average molecular weight is 358 g/mol. The first-order valence-corrected chi connectivity index (χ1v) is 8.94. The summed E-state index contributed by atoms with van der Waals surface area (Å²) in [6, 6.07) is 11.0. The number of carbonyl (C=O) groups is 2. The summed E-state index contributed by atoms with van der Waals surface area (Å²) < 4.78 is 11.1. The van der Waals surface area contributed by atoms with Crippen LogP contribution in [0, 0.1) is 0 Å². The molecule has 25 heavy (non-hydrogen) atoms. The van der Waals surface area contributed by atoms with Crippen LogP contribution in [0.15, 0.2) is 48.8 Å². The van der Waals surface area contributed by atoms with Crippen molar-refractivity contribution in [2.45, 2.75) is 13.0 Å². The number of hydrogen-bond acceptors (Lipinski definition) is 6. The zero-order valence-electron chi connectivity index (χ0n) is 13.6. The van der Waals surface area contributed by atoms with Gasteiger partial charge < -0.3 is 14.4 Å². The van der Waals surface area contributed by atoms with Crippen molar-refractivity contribution in [1.82, 2.24) is 9.88 Å². The second-order valence-electron chi connectivity index (χ2n) is 5.41. The van der Waals surface area contributed by atoms with Crippen LogP contribution in [-0.2, 0) is 16.1 Å². The standard InChI is InChI=1S/C18H18N2O4S/c21-17(7-9-20-10-11-25-18(20)22)23-13-14-4-1-2-6-16(14)24-15-5-3-8-19-12-15/h1-6,8,12H,7,9-11,13H2. The molecule has 0 atom stereocenters. The van der Waals surface area contributed by atoms with Crippen LogP contribution in [-0.4, -0.2) is 39.9 Å². The molecule has 6 nitrogen and oxygen atoms in total. The summed E-state index contributed by atoms with van der Waals surface area (Å²) in [5.41, 5.74) is 0.771. The maximum absolute atomic E-state index is 11.9. The van der Waals surface area contributed by atoms with Gasteiger partial charge in [0.2, 0.25) is 0 Å². The average Bonchev–Trinajstić information content (AvgIpc) is 3.05. The Kier molecular flexibility index (Phi) is 5.90. The summed E-state index contributed by atoms with van der Waals surface area (Å²) in [4.78, 5) is 29.1. The summed E-state index contributed by atoms with van der Waals surface area (Å²) in [7, 11) is 0. The lowest BCUT2D eigenvalue weighted by Crippen LogP contribution is -2.26. The molecule has 0 saturated carbocycles. The zero-order valence-corrected chi connectivity index (χ0v) is 14.4. The Hall–Kier alpha value is -2.54. The first-order valence-electron chi connectivity index (χ1n) is 7.95. The third-order valence-corrected chi connectivity index (χ3v) is 4.55. The van der Waals surface area contributed by atoms with Gasteiger partial charge in [-0.15, -0.1) is 0 Å². The van der Waals surface area contributed by atoms with E-state index < -0.39 is 0 Å².